The zero-order valence-corrected chi connectivity index (χ0v) is 19.5. The Balaban J connectivity index is 1.79. The molecular formula is C23H15Cl3FN3O3. The number of halogens is 4. The number of aromatic nitrogens is 1. The molecular weight excluding hydrogens is 492 g/mol. The number of rotatable bonds is 3. The molecule has 0 spiro atoms. The number of anilines is 1. The van der Waals surface area contributed by atoms with E-state index in [2.05, 4.69) is 5.32 Å². The van der Waals surface area contributed by atoms with Crippen molar-refractivity contribution in [1.29, 1.82) is 0 Å². The van der Waals surface area contributed by atoms with Gasteiger partial charge in [0.1, 0.15) is 11.4 Å². The number of carbonyl (C=O) groups excluding carboxylic acids is 3. The summed E-state index contributed by atoms with van der Waals surface area (Å²) in [6.07, 6.45) is 1.39. The van der Waals surface area contributed by atoms with Crippen molar-refractivity contribution in [3.8, 4) is 5.69 Å². The van der Waals surface area contributed by atoms with Gasteiger partial charge in [-0.1, -0.05) is 40.9 Å². The Labute approximate surface area is 203 Å². The van der Waals surface area contributed by atoms with Crippen LogP contribution < -0.4 is 10.2 Å². The Kier molecular flexibility index (Phi) is 6.05. The molecule has 6 nitrogen and oxygen atoms in total. The summed E-state index contributed by atoms with van der Waals surface area (Å²) in [4.78, 5) is 38.9. The number of nitrogens with one attached hydrogen (secondary N) is 1. The average Bonchev–Trinajstić information content (AvgIpc) is 3.03. The second kappa shape index (κ2) is 8.67. The summed E-state index contributed by atoms with van der Waals surface area (Å²) in [5.74, 6) is -2.23. The van der Waals surface area contributed by atoms with Gasteiger partial charge in [0.15, 0.2) is 0 Å². The standard InChI is InChI=1S/C23H15Cl3FN3O3/c1-11-8-13(12(2)29(11)14-6-7-18(27)17(25)10-14)9-15-21(31)28-23(33)30(22(15)32)19-5-3-4-16(24)20(19)26/h3-10H,1-2H3,(H,28,31,33)/b15-9+. The molecule has 1 aromatic heterocycles. The molecule has 3 aromatic rings. The third-order valence-corrected chi connectivity index (χ3v) is 6.30. The molecule has 0 aliphatic carbocycles. The van der Waals surface area contributed by atoms with Crippen LogP contribution in [0, 0.1) is 19.7 Å². The number of nitrogens with zero attached hydrogens (tertiary/aromatic N) is 2. The number of aryl methyl sites for hydroxylation is 1. The average molecular weight is 507 g/mol. The van der Waals surface area contributed by atoms with E-state index in [0.717, 1.165) is 10.6 Å². The highest BCUT2D eigenvalue weighted by atomic mass is 35.5. The minimum Gasteiger partial charge on any atom is -0.318 e. The van der Waals surface area contributed by atoms with Crippen molar-refractivity contribution < 1.29 is 18.8 Å². The van der Waals surface area contributed by atoms with E-state index in [4.69, 9.17) is 34.8 Å². The van der Waals surface area contributed by atoms with Gasteiger partial charge in [-0.3, -0.25) is 14.9 Å². The minimum absolute atomic E-state index is 0.00253. The lowest BCUT2D eigenvalue weighted by Crippen LogP contribution is -2.54. The van der Waals surface area contributed by atoms with Crippen LogP contribution in [0.1, 0.15) is 17.0 Å². The second-order valence-electron chi connectivity index (χ2n) is 7.29. The monoisotopic (exact) mass is 505 g/mol. The Morgan fingerprint density at radius 3 is 2.39 bits per heavy atom. The molecule has 0 atom stereocenters. The number of urea groups is 1. The summed E-state index contributed by atoms with van der Waals surface area (Å²) in [6, 6.07) is 9.62. The lowest BCUT2D eigenvalue weighted by Gasteiger charge is -2.27. The van der Waals surface area contributed by atoms with Crippen molar-refractivity contribution >= 4 is 64.4 Å². The summed E-state index contributed by atoms with van der Waals surface area (Å²) in [7, 11) is 0. The van der Waals surface area contributed by atoms with E-state index in [-0.39, 0.29) is 26.3 Å². The molecule has 0 saturated carbocycles. The first-order valence-corrected chi connectivity index (χ1v) is 10.7. The number of barbiturate groups is 1. The van der Waals surface area contributed by atoms with E-state index in [1.54, 1.807) is 23.6 Å². The fourth-order valence-corrected chi connectivity index (χ4v) is 4.21. The SMILES string of the molecule is Cc1cc(/C=C2\C(=O)NC(=O)N(c3cccc(Cl)c3Cl)C2=O)c(C)n1-c1ccc(F)c(Cl)c1. The highest BCUT2D eigenvalue weighted by molar-refractivity contribution is 6.46. The Morgan fingerprint density at radius 2 is 1.70 bits per heavy atom. The minimum atomic E-state index is -0.933. The predicted molar refractivity (Wildman–Crippen MR) is 126 cm³/mol. The molecule has 2 aromatic carbocycles. The molecule has 4 rings (SSSR count). The third kappa shape index (κ3) is 4.04. The van der Waals surface area contributed by atoms with Crippen molar-refractivity contribution in [3.05, 3.63) is 85.9 Å². The van der Waals surface area contributed by atoms with E-state index >= 15 is 0 Å². The van der Waals surface area contributed by atoms with Crippen molar-refractivity contribution in [2.45, 2.75) is 13.8 Å². The van der Waals surface area contributed by atoms with Gasteiger partial charge >= 0.3 is 6.03 Å². The Hall–Kier alpha value is -3.13. The lowest BCUT2D eigenvalue weighted by atomic mass is 10.1. The third-order valence-electron chi connectivity index (χ3n) is 5.21. The van der Waals surface area contributed by atoms with Gasteiger partial charge in [-0.15, -0.1) is 0 Å². The van der Waals surface area contributed by atoms with Crippen LogP contribution in [0.5, 0.6) is 0 Å². The van der Waals surface area contributed by atoms with Crippen LogP contribution in [0.15, 0.2) is 48.0 Å². The van der Waals surface area contributed by atoms with Crippen molar-refractivity contribution in [2.75, 3.05) is 4.90 Å². The van der Waals surface area contributed by atoms with Crippen LogP contribution in [0.25, 0.3) is 11.8 Å². The number of benzene rings is 2. The lowest BCUT2D eigenvalue weighted by molar-refractivity contribution is -0.122. The van der Waals surface area contributed by atoms with E-state index in [9.17, 15) is 18.8 Å². The summed E-state index contributed by atoms with van der Waals surface area (Å²) >= 11 is 18.1. The van der Waals surface area contributed by atoms with E-state index in [1.807, 2.05) is 6.92 Å². The zero-order valence-electron chi connectivity index (χ0n) is 17.2. The van der Waals surface area contributed by atoms with Crippen LogP contribution in [0.3, 0.4) is 0 Å². The molecule has 1 N–H and O–H groups in total. The van der Waals surface area contributed by atoms with Gasteiger partial charge in [0.05, 0.1) is 20.8 Å². The highest BCUT2D eigenvalue weighted by Crippen LogP contribution is 2.34. The van der Waals surface area contributed by atoms with Gasteiger partial charge in [0, 0.05) is 17.1 Å². The first-order valence-electron chi connectivity index (χ1n) is 9.60. The van der Waals surface area contributed by atoms with Gasteiger partial charge in [0.2, 0.25) is 0 Å². The largest absolute Gasteiger partial charge is 0.336 e. The molecule has 0 unspecified atom stereocenters. The molecule has 168 valence electrons. The summed E-state index contributed by atoms with van der Waals surface area (Å²) in [6.45, 7) is 3.59. The molecule has 2 heterocycles. The highest BCUT2D eigenvalue weighted by Gasteiger charge is 2.38. The number of imide groups is 2. The Morgan fingerprint density at radius 1 is 0.970 bits per heavy atom. The fourth-order valence-electron chi connectivity index (χ4n) is 3.65. The summed E-state index contributed by atoms with van der Waals surface area (Å²) in [5.41, 5.74) is 2.39. The molecule has 1 fully saturated rings. The van der Waals surface area contributed by atoms with Crippen LogP contribution in [-0.4, -0.2) is 22.4 Å². The molecule has 10 heteroatoms. The number of amides is 4. The van der Waals surface area contributed by atoms with Crippen LogP contribution in [0.2, 0.25) is 15.1 Å². The Bertz CT molecular complexity index is 1380. The van der Waals surface area contributed by atoms with Gasteiger partial charge in [0.25, 0.3) is 11.8 Å². The van der Waals surface area contributed by atoms with Crippen LogP contribution >= 0.6 is 34.8 Å². The smallest absolute Gasteiger partial charge is 0.318 e. The van der Waals surface area contributed by atoms with E-state index < -0.39 is 23.7 Å². The van der Waals surface area contributed by atoms with Crippen molar-refractivity contribution in [2.24, 2.45) is 0 Å². The van der Waals surface area contributed by atoms with Crippen molar-refractivity contribution in [3.63, 3.8) is 0 Å². The van der Waals surface area contributed by atoms with Crippen LogP contribution in [0.4, 0.5) is 14.9 Å². The normalized spacial score (nSPS) is 15.4. The van der Waals surface area contributed by atoms with E-state index in [1.165, 1.54) is 36.4 Å². The molecule has 33 heavy (non-hydrogen) atoms. The van der Waals surface area contributed by atoms with Crippen LogP contribution in [-0.2, 0) is 9.59 Å². The molecule has 1 aliphatic rings. The topological polar surface area (TPSA) is 71.4 Å². The zero-order chi connectivity index (χ0) is 24.0. The maximum absolute atomic E-state index is 13.6. The quantitative estimate of drug-likeness (QED) is 0.357. The number of hydrogen-bond acceptors (Lipinski definition) is 3. The maximum Gasteiger partial charge on any atom is 0.336 e. The maximum atomic E-state index is 13.6. The fraction of sp³-hybridized carbons (Fsp3) is 0.0870. The van der Waals surface area contributed by atoms with Gasteiger partial charge in [-0.2, -0.15) is 0 Å². The van der Waals surface area contributed by atoms with Gasteiger partial charge in [-0.25, -0.2) is 14.1 Å². The van der Waals surface area contributed by atoms with Crippen molar-refractivity contribution in [1.82, 2.24) is 9.88 Å². The first-order chi connectivity index (χ1) is 15.6. The second-order valence-corrected chi connectivity index (χ2v) is 8.48. The summed E-state index contributed by atoms with van der Waals surface area (Å²) in [5, 5.41) is 2.27. The van der Waals surface area contributed by atoms with Gasteiger partial charge < -0.3 is 4.57 Å². The van der Waals surface area contributed by atoms with Gasteiger partial charge in [-0.05, 0) is 61.9 Å². The molecule has 0 radical (unpaired) electrons. The molecule has 1 saturated heterocycles. The number of hydrogen-bond donors (Lipinski definition) is 1. The molecule has 4 amide bonds. The predicted octanol–water partition coefficient (Wildman–Crippen LogP) is 5.86. The van der Waals surface area contributed by atoms with E-state index in [0.29, 0.717) is 16.9 Å². The number of carbonyl (C=O) groups is 3. The molecule has 1 aliphatic heterocycles. The summed E-state index contributed by atoms with van der Waals surface area (Å²) < 4.78 is 15.4. The first kappa shape index (κ1) is 23.0. The molecule has 0 bridgehead atoms.